The number of hydrogen-bond donors (Lipinski definition) is 0. The molecule has 0 bridgehead atoms. The first-order valence-corrected chi connectivity index (χ1v) is 6.59. The Labute approximate surface area is 97.2 Å². The van der Waals surface area contributed by atoms with E-state index in [0.29, 0.717) is 4.75 Å². The summed E-state index contributed by atoms with van der Waals surface area (Å²) in [7, 11) is 1.87. The van der Waals surface area contributed by atoms with E-state index in [4.69, 9.17) is 0 Å². The Bertz CT molecular complexity index is 231. The van der Waals surface area contributed by atoms with Gasteiger partial charge in [0.15, 0.2) is 0 Å². The fourth-order valence-corrected chi connectivity index (χ4v) is 2.69. The lowest BCUT2D eigenvalue weighted by Gasteiger charge is -2.26. The molecular formula is C11H22N2OS. The van der Waals surface area contributed by atoms with Crippen LogP contribution in [0.5, 0.6) is 0 Å². The van der Waals surface area contributed by atoms with Crippen LogP contribution in [0.25, 0.3) is 0 Å². The smallest absolute Gasteiger partial charge is 0.319 e. The van der Waals surface area contributed by atoms with Crippen molar-refractivity contribution in [2.45, 2.75) is 31.9 Å². The highest BCUT2D eigenvalue weighted by Crippen LogP contribution is 2.30. The standard InChI is InChI=1S/C11H22N2OS/c1-5-12(4)10(14)13-7-6-11(2,3)15-9-8-13/h5-9H2,1-4H3. The summed E-state index contributed by atoms with van der Waals surface area (Å²) < 4.78 is 0.319. The van der Waals surface area contributed by atoms with Gasteiger partial charge in [0.2, 0.25) is 0 Å². The van der Waals surface area contributed by atoms with Crippen molar-refractivity contribution >= 4 is 17.8 Å². The van der Waals surface area contributed by atoms with Crippen molar-refractivity contribution in [1.82, 2.24) is 9.80 Å². The average molecular weight is 230 g/mol. The lowest BCUT2D eigenvalue weighted by atomic mass is 10.1. The van der Waals surface area contributed by atoms with Crippen molar-refractivity contribution in [2.75, 3.05) is 32.4 Å². The van der Waals surface area contributed by atoms with Crippen molar-refractivity contribution in [2.24, 2.45) is 0 Å². The molecule has 0 saturated carbocycles. The fourth-order valence-electron chi connectivity index (χ4n) is 1.59. The van der Waals surface area contributed by atoms with E-state index in [1.54, 1.807) is 4.90 Å². The number of nitrogens with zero attached hydrogens (tertiary/aromatic N) is 2. The first kappa shape index (κ1) is 12.7. The monoisotopic (exact) mass is 230 g/mol. The lowest BCUT2D eigenvalue weighted by Crippen LogP contribution is -2.42. The Morgan fingerprint density at radius 1 is 1.47 bits per heavy atom. The molecule has 15 heavy (non-hydrogen) atoms. The molecule has 1 saturated heterocycles. The summed E-state index contributed by atoms with van der Waals surface area (Å²) in [6.07, 6.45) is 1.08. The summed E-state index contributed by atoms with van der Waals surface area (Å²) >= 11 is 1.97. The van der Waals surface area contributed by atoms with E-state index in [9.17, 15) is 4.79 Å². The highest BCUT2D eigenvalue weighted by Gasteiger charge is 2.26. The molecule has 0 aromatic carbocycles. The number of hydrogen-bond acceptors (Lipinski definition) is 2. The number of thioether (sulfide) groups is 1. The van der Waals surface area contributed by atoms with Crippen molar-refractivity contribution in [1.29, 1.82) is 0 Å². The highest BCUT2D eigenvalue weighted by atomic mass is 32.2. The number of rotatable bonds is 1. The molecule has 0 spiro atoms. The van der Waals surface area contributed by atoms with Gasteiger partial charge in [-0.1, -0.05) is 13.8 Å². The van der Waals surface area contributed by atoms with Crippen LogP contribution in [-0.4, -0.2) is 53.0 Å². The maximum atomic E-state index is 11.9. The zero-order valence-corrected chi connectivity index (χ0v) is 11.1. The Morgan fingerprint density at radius 2 is 2.13 bits per heavy atom. The molecule has 0 aromatic heterocycles. The second-order valence-electron chi connectivity index (χ2n) is 4.64. The van der Waals surface area contributed by atoms with Gasteiger partial charge in [0, 0.05) is 37.2 Å². The molecule has 1 aliphatic rings. The molecule has 2 amide bonds. The Balaban J connectivity index is 2.54. The van der Waals surface area contributed by atoms with E-state index in [1.165, 1.54) is 0 Å². The molecule has 0 aliphatic carbocycles. The zero-order valence-electron chi connectivity index (χ0n) is 10.2. The summed E-state index contributed by atoms with van der Waals surface area (Å²) in [6.45, 7) is 9.09. The third kappa shape index (κ3) is 3.59. The van der Waals surface area contributed by atoms with Gasteiger partial charge >= 0.3 is 6.03 Å². The van der Waals surface area contributed by atoms with E-state index in [2.05, 4.69) is 13.8 Å². The number of carbonyl (C=O) groups is 1. The zero-order chi connectivity index (χ0) is 11.5. The summed E-state index contributed by atoms with van der Waals surface area (Å²) in [6, 6.07) is 0.177. The van der Waals surface area contributed by atoms with Crippen LogP contribution in [0.1, 0.15) is 27.2 Å². The van der Waals surface area contributed by atoms with Crippen molar-refractivity contribution in [3.05, 3.63) is 0 Å². The van der Waals surface area contributed by atoms with Gasteiger partial charge in [0.1, 0.15) is 0 Å². The van der Waals surface area contributed by atoms with Gasteiger partial charge in [-0.15, -0.1) is 0 Å². The van der Waals surface area contributed by atoms with Crippen LogP contribution in [-0.2, 0) is 0 Å². The van der Waals surface area contributed by atoms with Crippen LogP contribution in [0.3, 0.4) is 0 Å². The van der Waals surface area contributed by atoms with Crippen LogP contribution in [0, 0.1) is 0 Å². The van der Waals surface area contributed by atoms with Gasteiger partial charge in [-0.25, -0.2) is 4.79 Å². The number of carbonyl (C=O) groups excluding carboxylic acids is 1. The summed E-state index contributed by atoms with van der Waals surface area (Å²) in [5.74, 6) is 1.05. The van der Waals surface area contributed by atoms with Gasteiger partial charge in [-0.2, -0.15) is 11.8 Å². The minimum Gasteiger partial charge on any atom is -0.328 e. The normalized spacial score (nSPS) is 20.9. The molecule has 0 radical (unpaired) electrons. The highest BCUT2D eigenvalue weighted by molar-refractivity contribution is 8.00. The third-order valence-electron chi connectivity index (χ3n) is 2.91. The minimum atomic E-state index is 0.177. The maximum Gasteiger partial charge on any atom is 0.319 e. The Morgan fingerprint density at radius 3 is 2.73 bits per heavy atom. The number of urea groups is 1. The van der Waals surface area contributed by atoms with Crippen LogP contribution >= 0.6 is 11.8 Å². The molecule has 1 rings (SSSR count). The van der Waals surface area contributed by atoms with Gasteiger partial charge < -0.3 is 9.80 Å². The van der Waals surface area contributed by atoms with E-state index >= 15 is 0 Å². The molecule has 3 nitrogen and oxygen atoms in total. The summed E-state index contributed by atoms with van der Waals surface area (Å²) in [5, 5.41) is 0. The molecular weight excluding hydrogens is 208 g/mol. The van der Waals surface area contributed by atoms with Crippen LogP contribution in [0.4, 0.5) is 4.79 Å². The second kappa shape index (κ2) is 5.10. The minimum absolute atomic E-state index is 0.177. The third-order valence-corrected chi connectivity index (χ3v) is 4.28. The molecule has 1 heterocycles. The van der Waals surface area contributed by atoms with Gasteiger partial charge in [0.25, 0.3) is 0 Å². The molecule has 88 valence electrons. The number of amides is 2. The molecule has 0 atom stereocenters. The topological polar surface area (TPSA) is 23.6 Å². The lowest BCUT2D eigenvalue weighted by molar-refractivity contribution is 0.167. The van der Waals surface area contributed by atoms with Crippen molar-refractivity contribution < 1.29 is 4.79 Å². The van der Waals surface area contributed by atoms with Gasteiger partial charge in [-0.3, -0.25) is 0 Å². The van der Waals surface area contributed by atoms with Crippen molar-refractivity contribution in [3.63, 3.8) is 0 Å². The predicted molar refractivity (Wildman–Crippen MR) is 66.4 cm³/mol. The molecule has 0 N–H and O–H groups in total. The first-order valence-electron chi connectivity index (χ1n) is 5.60. The van der Waals surface area contributed by atoms with Crippen molar-refractivity contribution in [3.8, 4) is 0 Å². The van der Waals surface area contributed by atoms with E-state index < -0.39 is 0 Å². The molecule has 4 heteroatoms. The molecule has 1 fully saturated rings. The van der Waals surface area contributed by atoms with E-state index in [-0.39, 0.29) is 6.03 Å². The maximum absolute atomic E-state index is 11.9. The molecule has 1 aliphatic heterocycles. The molecule has 0 aromatic rings. The van der Waals surface area contributed by atoms with Crippen LogP contribution in [0.15, 0.2) is 0 Å². The SMILES string of the molecule is CCN(C)C(=O)N1CCSC(C)(C)CC1. The second-order valence-corrected chi connectivity index (χ2v) is 6.44. The van der Waals surface area contributed by atoms with Gasteiger partial charge in [0.05, 0.1) is 0 Å². The van der Waals surface area contributed by atoms with Crippen LogP contribution < -0.4 is 0 Å². The predicted octanol–water partition coefficient (Wildman–Crippen LogP) is 2.28. The fraction of sp³-hybridized carbons (Fsp3) is 0.909. The summed E-state index contributed by atoms with van der Waals surface area (Å²) in [5.41, 5.74) is 0. The Kier molecular flexibility index (Phi) is 4.32. The van der Waals surface area contributed by atoms with Gasteiger partial charge in [-0.05, 0) is 13.3 Å². The Hall–Kier alpha value is -0.380. The molecule has 0 unspecified atom stereocenters. The summed E-state index contributed by atoms with van der Waals surface area (Å²) in [4.78, 5) is 15.7. The largest absolute Gasteiger partial charge is 0.328 e. The quantitative estimate of drug-likeness (QED) is 0.690. The van der Waals surface area contributed by atoms with E-state index in [0.717, 1.165) is 31.8 Å². The van der Waals surface area contributed by atoms with E-state index in [1.807, 2.05) is 30.6 Å². The first-order chi connectivity index (χ1) is 6.96. The average Bonchev–Trinajstić information content (AvgIpc) is 2.37. The van der Waals surface area contributed by atoms with Crippen LogP contribution in [0.2, 0.25) is 0 Å².